The Morgan fingerprint density at radius 2 is 2.08 bits per heavy atom. The monoisotopic (exact) mass is 357 g/mol. The number of benzene rings is 1. The molecule has 7 heteroatoms. The van der Waals surface area contributed by atoms with E-state index in [0.29, 0.717) is 22.9 Å². The number of piperidine rings is 1. The van der Waals surface area contributed by atoms with Crippen molar-refractivity contribution in [2.75, 3.05) is 30.4 Å². The minimum Gasteiger partial charge on any atom is -0.439 e. The quantitative estimate of drug-likeness (QED) is 0.813. The SMILES string of the molecule is CNC(=S)Nc1nc(Oc2ccccc2)cc(N2CCCC(C)C2)n1. The zero-order valence-corrected chi connectivity index (χ0v) is 15.3. The molecule has 1 aliphatic heterocycles. The van der Waals surface area contributed by atoms with E-state index in [2.05, 4.69) is 32.4 Å². The third kappa shape index (κ3) is 4.79. The summed E-state index contributed by atoms with van der Waals surface area (Å²) in [7, 11) is 1.76. The number of ether oxygens (including phenoxy) is 1. The van der Waals surface area contributed by atoms with Crippen molar-refractivity contribution in [1.29, 1.82) is 0 Å². The predicted molar refractivity (Wildman–Crippen MR) is 104 cm³/mol. The molecule has 1 fully saturated rings. The minimum atomic E-state index is 0.431. The van der Waals surface area contributed by atoms with Gasteiger partial charge in [-0.25, -0.2) is 0 Å². The van der Waals surface area contributed by atoms with E-state index in [9.17, 15) is 0 Å². The van der Waals surface area contributed by atoms with Gasteiger partial charge in [0.1, 0.15) is 11.6 Å². The van der Waals surface area contributed by atoms with Crippen LogP contribution in [0.3, 0.4) is 0 Å². The van der Waals surface area contributed by atoms with E-state index in [1.165, 1.54) is 6.42 Å². The third-order valence-electron chi connectivity index (χ3n) is 4.09. The Hall–Kier alpha value is -2.41. The van der Waals surface area contributed by atoms with Gasteiger partial charge >= 0.3 is 0 Å². The van der Waals surface area contributed by atoms with Crippen molar-refractivity contribution in [1.82, 2.24) is 15.3 Å². The summed E-state index contributed by atoms with van der Waals surface area (Å²) in [6.07, 6.45) is 2.42. The number of nitrogens with zero attached hydrogens (tertiary/aromatic N) is 3. The van der Waals surface area contributed by atoms with E-state index in [1.54, 1.807) is 7.05 Å². The topological polar surface area (TPSA) is 62.3 Å². The maximum atomic E-state index is 5.91. The second-order valence-corrected chi connectivity index (χ2v) is 6.61. The van der Waals surface area contributed by atoms with Gasteiger partial charge in [0.05, 0.1) is 0 Å². The number of hydrogen-bond donors (Lipinski definition) is 2. The molecule has 0 radical (unpaired) electrons. The van der Waals surface area contributed by atoms with Crippen molar-refractivity contribution < 1.29 is 4.74 Å². The van der Waals surface area contributed by atoms with E-state index in [-0.39, 0.29) is 0 Å². The molecule has 0 bridgehead atoms. The van der Waals surface area contributed by atoms with Gasteiger partial charge in [0.25, 0.3) is 0 Å². The molecular weight excluding hydrogens is 334 g/mol. The largest absolute Gasteiger partial charge is 0.439 e. The van der Waals surface area contributed by atoms with Crippen LogP contribution < -0.4 is 20.3 Å². The molecule has 2 heterocycles. The van der Waals surface area contributed by atoms with Crippen LogP contribution in [0.5, 0.6) is 11.6 Å². The van der Waals surface area contributed by atoms with Gasteiger partial charge in [-0.3, -0.25) is 0 Å². The van der Waals surface area contributed by atoms with Crippen LogP contribution >= 0.6 is 12.2 Å². The lowest BCUT2D eigenvalue weighted by molar-refractivity contribution is 0.440. The minimum absolute atomic E-state index is 0.431. The molecule has 0 aliphatic carbocycles. The third-order valence-corrected chi connectivity index (χ3v) is 4.39. The molecule has 2 N–H and O–H groups in total. The van der Waals surface area contributed by atoms with Crippen molar-refractivity contribution in [3.8, 4) is 11.6 Å². The molecule has 1 aromatic heterocycles. The van der Waals surface area contributed by atoms with Gasteiger partial charge in [-0.05, 0) is 43.1 Å². The van der Waals surface area contributed by atoms with E-state index < -0.39 is 0 Å². The molecule has 1 aromatic carbocycles. The average molecular weight is 357 g/mol. The lowest BCUT2D eigenvalue weighted by Crippen LogP contribution is -2.35. The zero-order valence-electron chi connectivity index (χ0n) is 14.5. The molecule has 25 heavy (non-hydrogen) atoms. The van der Waals surface area contributed by atoms with Gasteiger partial charge in [-0.2, -0.15) is 9.97 Å². The Labute approximate surface area is 153 Å². The number of anilines is 2. The summed E-state index contributed by atoms with van der Waals surface area (Å²) in [5, 5.41) is 6.34. The highest BCUT2D eigenvalue weighted by atomic mass is 32.1. The maximum absolute atomic E-state index is 5.91. The van der Waals surface area contributed by atoms with Crippen molar-refractivity contribution in [3.05, 3.63) is 36.4 Å². The second-order valence-electron chi connectivity index (χ2n) is 6.20. The molecule has 0 amide bonds. The van der Waals surface area contributed by atoms with Crippen LogP contribution in [-0.4, -0.2) is 35.2 Å². The Kier molecular flexibility index (Phi) is 5.65. The van der Waals surface area contributed by atoms with Gasteiger partial charge in [0, 0.05) is 26.2 Å². The summed E-state index contributed by atoms with van der Waals surface area (Å²) in [4.78, 5) is 11.3. The Morgan fingerprint density at radius 1 is 1.28 bits per heavy atom. The van der Waals surface area contributed by atoms with Gasteiger partial charge in [-0.15, -0.1) is 0 Å². The lowest BCUT2D eigenvalue weighted by atomic mass is 10.0. The smallest absolute Gasteiger partial charge is 0.234 e. The number of aromatic nitrogens is 2. The zero-order chi connectivity index (χ0) is 17.6. The number of nitrogens with one attached hydrogen (secondary N) is 2. The van der Waals surface area contributed by atoms with E-state index in [0.717, 1.165) is 31.1 Å². The molecule has 1 saturated heterocycles. The van der Waals surface area contributed by atoms with Gasteiger partial charge < -0.3 is 20.3 Å². The molecule has 1 aliphatic rings. The van der Waals surface area contributed by atoms with Crippen molar-refractivity contribution in [2.24, 2.45) is 5.92 Å². The Balaban J connectivity index is 1.88. The van der Waals surface area contributed by atoms with Crippen LogP contribution in [0.25, 0.3) is 0 Å². The number of hydrogen-bond acceptors (Lipinski definition) is 5. The first-order valence-corrected chi connectivity index (χ1v) is 8.90. The van der Waals surface area contributed by atoms with Crippen LogP contribution in [0.15, 0.2) is 36.4 Å². The summed E-state index contributed by atoms with van der Waals surface area (Å²) >= 11 is 5.17. The molecule has 1 atom stereocenters. The molecular formula is C18H23N5OS. The van der Waals surface area contributed by atoms with Crippen molar-refractivity contribution in [2.45, 2.75) is 19.8 Å². The predicted octanol–water partition coefficient (Wildman–Crippen LogP) is 3.42. The summed E-state index contributed by atoms with van der Waals surface area (Å²) in [6.45, 7) is 4.24. The van der Waals surface area contributed by atoms with Gasteiger partial charge in [-0.1, -0.05) is 25.1 Å². The first-order valence-electron chi connectivity index (χ1n) is 8.49. The fourth-order valence-corrected chi connectivity index (χ4v) is 2.95. The van der Waals surface area contributed by atoms with E-state index in [1.807, 2.05) is 36.4 Å². The number of thiocarbonyl (C=S) groups is 1. The fourth-order valence-electron chi connectivity index (χ4n) is 2.85. The summed E-state index contributed by atoms with van der Waals surface area (Å²) in [6, 6.07) is 11.5. The van der Waals surface area contributed by atoms with Crippen molar-refractivity contribution in [3.63, 3.8) is 0 Å². The standard InChI is InChI=1S/C18H23N5OS/c1-13-7-6-10-23(12-13)15-11-16(24-14-8-4-3-5-9-14)21-17(20-15)22-18(25)19-2/h3-5,8-9,11,13H,6-7,10,12H2,1-2H3,(H2,19,20,21,22,25). The van der Waals surface area contributed by atoms with E-state index in [4.69, 9.17) is 17.0 Å². The van der Waals surface area contributed by atoms with E-state index >= 15 is 0 Å². The Bertz CT molecular complexity index is 725. The summed E-state index contributed by atoms with van der Waals surface area (Å²) in [5.74, 6) is 3.17. The second kappa shape index (κ2) is 8.11. The van der Waals surface area contributed by atoms with Crippen LogP contribution in [-0.2, 0) is 0 Å². The highest BCUT2D eigenvalue weighted by Gasteiger charge is 2.19. The maximum Gasteiger partial charge on any atom is 0.234 e. The molecule has 6 nitrogen and oxygen atoms in total. The lowest BCUT2D eigenvalue weighted by Gasteiger charge is -2.32. The molecule has 2 aromatic rings. The molecule has 0 spiro atoms. The Morgan fingerprint density at radius 3 is 2.80 bits per heavy atom. The van der Waals surface area contributed by atoms with Gasteiger partial charge in [0.15, 0.2) is 5.11 Å². The highest BCUT2D eigenvalue weighted by Crippen LogP contribution is 2.27. The number of para-hydroxylation sites is 1. The fraction of sp³-hybridized carbons (Fsp3) is 0.389. The van der Waals surface area contributed by atoms with Crippen LogP contribution in [0, 0.1) is 5.92 Å². The first-order chi connectivity index (χ1) is 12.1. The van der Waals surface area contributed by atoms with Crippen LogP contribution in [0.1, 0.15) is 19.8 Å². The summed E-state index contributed by atoms with van der Waals surface area (Å²) < 4.78 is 5.91. The molecule has 1 unspecified atom stereocenters. The van der Waals surface area contributed by atoms with Crippen molar-refractivity contribution >= 4 is 29.1 Å². The number of rotatable bonds is 4. The van der Waals surface area contributed by atoms with Gasteiger partial charge in [0.2, 0.25) is 11.8 Å². The highest BCUT2D eigenvalue weighted by molar-refractivity contribution is 7.80. The summed E-state index contributed by atoms with van der Waals surface area (Å²) in [5.41, 5.74) is 0. The molecule has 3 rings (SSSR count). The normalized spacial score (nSPS) is 17.0. The first kappa shape index (κ1) is 17.4. The molecule has 0 saturated carbocycles. The average Bonchev–Trinajstić information content (AvgIpc) is 2.62. The van der Waals surface area contributed by atoms with Crippen LogP contribution in [0.4, 0.5) is 11.8 Å². The van der Waals surface area contributed by atoms with Crippen LogP contribution in [0.2, 0.25) is 0 Å². The molecule has 132 valence electrons.